The van der Waals surface area contributed by atoms with E-state index >= 15 is 0 Å². The number of anilines is 1. The van der Waals surface area contributed by atoms with Gasteiger partial charge in [0.15, 0.2) is 5.13 Å². The molecule has 0 aliphatic heterocycles. The fourth-order valence-corrected chi connectivity index (χ4v) is 3.35. The van der Waals surface area contributed by atoms with E-state index in [0.29, 0.717) is 10.8 Å². The minimum Gasteiger partial charge on any atom is -0.497 e. The molecule has 1 amide bonds. The van der Waals surface area contributed by atoms with Crippen LogP contribution in [0.3, 0.4) is 0 Å². The first kappa shape index (κ1) is 18.1. The Morgan fingerprint density at radius 3 is 2.50 bits per heavy atom. The number of methoxy groups -OCH3 is 1. The predicted molar refractivity (Wildman–Crippen MR) is 104 cm³/mol. The van der Waals surface area contributed by atoms with Gasteiger partial charge < -0.3 is 4.74 Å². The molecule has 0 aliphatic rings. The SMILES string of the molecule is COc1ccc(-c2cc(C(=O)Nc3nc(C(C)(C)C)cs3)n(C)n2)cc1. The second kappa shape index (κ2) is 6.92. The lowest BCUT2D eigenvalue weighted by Gasteiger charge is -2.14. The van der Waals surface area contributed by atoms with Gasteiger partial charge in [0.25, 0.3) is 5.91 Å². The molecule has 26 heavy (non-hydrogen) atoms. The van der Waals surface area contributed by atoms with Crippen LogP contribution < -0.4 is 10.1 Å². The largest absolute Gasteiger partial charge is 0.497 e. The van der Waals surface area contributed by atoms with E-state index in [0.717, 1.165) is 22.7 Å². The number of nitrogens with one attached hydrogen (secondary N) is 1. The molecule has 0 bridgehead atoms. The first-order chi connectivity index (χ1) is 12.3. The Balaban J connectivity index is 1.79. The van der Waals surface area contributed by atoms with Gasteiger partial charge >= 0.3 is 0 Å². The number of aryl methyl sites for hydroxylation is 1. The van der Waals surface area contributed by atoms with Crippen LogP contribution in [0.2, 0.25) is 0 Å². The summed E-state index contributed by atoms with van der Waals surface area (Å²) in [5.41, 5.74) is 3.04. The third kappa shape index (κ3) is 3.77. The van der Waals surface area contributed by atoms with Crippen LogP contribution in [0.4, 0.5) is 5.13 Å². The Morgan fingerprint density at radius 2 is 1.92 bits per heavy atom. The Morgan fingerprint density at radius 1 is 1.23 bits per heavy atom. The molecular weight excluding hydrogens is 348 g/mol. The Bertz CT molecular complexity index is 920. The standard InChI is InChI=1S/C19H22N4O2S/c1-19(2,3)16-11-26-18(20-16)21-17(24)15-10-14(22-23(15)4)12-6-8-13(25-5)9-7-12/h6-11H,1-5H3,(H,20,21,24). The van der Waals surface area contributed by atoms with Crippen LogP contribution in [0.15, 0.2) is 35.7 Å². The van der Waals surface area contributed by atoms with Crippen molar-refractivity contribution >= 4 is 22.4 Å². The minimum absolute atomic E-state index is 0.0481. The summed E-state index contributed by atoms with van der Waals surface area (Å²) in [6.45, 7) is 6.28. The maximum absolute atomic E-state index is 12.6. The van der Waals surface area contributed by atoms with Gasteiger partial charge in [-0.1, -0.05) is 20.8 Å². The van der Waals surface area contributed by atoms with Crippen LogP contribution in [-0.4, -0.2) is 27.8 Å². The van der Waals surface area contributed by atoms with E-state index in [9.17, 15) is 4.79 Å². The van der Waals surface area contributed by atoms with Crippen molar-refractivity contribution in [3.05, 3.63) is 47.1 Å². The van der Waals surface area contributed by atoms with E-state index in [-0.39, 0.29) is 11.3 Å². The number of thiazole rings is 1. The third-order valence-corrected chi connectivity index (χ3v) is 4.75. The lowest BCUT2D eigenvalue weighted by atomic mass is 9.93. The molecule has 0 saturated carbocycles. The minimum atomic E-state index is -0.227. The van der Waals surface area contributed by atoms with Crippen LogP contribution >= 0.6 is 11.3 Å². The Labute approximate surface area is 156 Å². The molecule has 2 heterocycles. The molecule has 3 rings (SSSR count). The van der Waals surface area contributed by atoms with Crippen molar-refractivity contribution in [3.8, 4) is 17.0 Å². The van der Waals surface area contributed by atoms with Gasteiger partial charge in [-0.3, -0.25) is 14.8 Å². The van der Waals surface area contributed by atoms with Crippen LogP contribution in [-0.2, 0) is 12.5 Å². The van der Waals surface area contributed by atoms with Crippen molar-refractivity contribution in [2.75, 3.05) is 12.4 Å². The maximum atomic E-state index is 12.6. The highest BCUT2D eigenvalue weighted by molar-refractivity contribution is 7.14. The van der Waals surface area contributed by atoms with Gasteiger partial charge in [0.05, 0.1) is 18.5 Å². The van der Waals surface area contributed by atoms with E-state index < -0.39 is 0 Å². The van der Waals surface area contributed by atoms with E-state index in [4.69, 9.17) is 4.74 Å². The normalized spacial score (nSPS) is 11.4. The van der Waals surface area contributed by atoms with Crippen molar-refractivity contribution in [3.63, 3.8) is 0 Å². The molecule has 6 nitrogen and oxygen atoms in total. The van der Waals surface area contributed by atoms with Crippen molar-refractivity contribution in [2.45, 2.75) is 26.2 Å². The summed E-state index contributed by atoms with van der Waals surface area (Å²) in [5, 5.41) is 9.87. The number of hydrogen-bond acceptors (Lipinski definition) is 5. The molecule has 1 N–H and O–H groups in total. The van der Waals surface area contributed by atoms with Gasteiger partial charge in [-0.25, -0.2) is 4.98 Å². The molecule has 0 aliphatic carbocycles. The molecule has 1 aromatic carbocycles. The summed E-state index contributed by atoms with van der Waals surface area (Å²) >= 11 is 1.43. The molecule has 0 spiro atoms. The first-order valence-corrected chi connectivity index (χ1v) is 9.12. The van der Waals surface area contributed by atoms with Crippen molar-refractivity contribution in [1.29, 1.82) is 0 Å². The average Bonchev–Trinajstić information content (AvgIpc) is 3.21. The smallest absolute Gasteiger partial charge is 0.275 e. The maximum Gasteiger partial charge on any atom is 0.275 e. The van der Waals surface area contributed by atoms with Crippen molar-refractivity contribution in [1.82, 2.24) is 14.8 Å². The molecule has 2 aromatic heterocycles. The van der Waals surface area contributed by atoms with Gasteiger partial charge in [-0.15, -0.1) is 11.3 Å². The number of benzene rings is 1. The fraction of sp³-hybridized carbons (Fsp3) is 0.316. The summed E-state index contributed by atoms with van der Waals surface area (Å²) in [7, 11) is 3.38. The topological polar surface area (TPSA) is 69.0 Å². The first-order valence-electron chi connectivity index (χ1n) is 8.24. The zero-order valence-corrected chi connectivity index (χ0v) is 16.3. The number of carbonyl (C=O) groups is 1. The second-order valence-electron chi connectivity index (χ2n) is 7.01. The lowest BCUT2D eigenvalue weighted by Crippen LogP contribution is -2.17. The summed E-state index contributed by atoms with van der Waals surface area (Å²) in [4.78, 5) is 17.1. The summed E-state index contributed by atoms with van der Waals surface area (Å²) in [6, 6.07) is 9.34. The average molecular weight is 370 g/mol. The number of ether oxygens (including phenoxy) is 1. The summed E-state index contributed by atoms with van der Waals surface area (Å²) < 4.78 is 6.75. The summed E-state index contributed by atoms with van der Waals surface area (Å²) in [5.74, 6) is 0.552. The lowest BCUT2D eigenvalue weighted by molar-refractivity contribution is 0.101. The van der Waals surface area contributed by atoms with E-state index in [1.165, 1.54) is 11.3 Å². The monoisotopic (exact) mass is 370 g/mol. The van der Waals surface area contributed by atoms with E-state index in [1.807, 2.05) is 29.6 Å². The van der Waals surface area contributed by atoms with E-state index in [1.54, 1.807) is 24.9 Å². The highest BCUT2D eigenvalue weighted by atomic mass is 32.1. The highest BCUT2D eigenvalue weighted by Crippen LogP contribution is 2.27. The van der Waals surface area contributed by atoms with E-state index in [2.05, 4.69) is 36.2 Å². The summed E-state index contributed by atoms with van der Waals surface area (Å²) in [6.07, 6.45) is 0. The number of hydrogen-bond donors (Lipinski definition) is 1. The van der Waals surface area contributed by atoms with Crippen LogP contribution in [0.25, 0.3) is 11.3 Å². The van der Waals surface area contributed by atoms with Crippen LogP contribution in [0, 0.1) is 0 Å². The van der Waals surface area contributed by atoms with Crippen molar-refractivity contribution in [2.24, 2.45) is 7.05 Å². The molecule has 0 atom stereocenters. The molecule has 0 radical (unpaired) electrons. The van der Waals surface area contributed by atoms with Crippen LogP contribution in [0.1, 0.15) is 37.0 Å². The number of amides is 1. The van der Waals surface area contributed by atoms with Crippen molar-refractivity contribution < 1.29 is 9.53 Å². The predicted octanol–water partition coefficient (Wildman–Crippen LogP) is 4.10. The Kier molecular flexibility index (Phi) is 4.82. The van der Waals surface area contributed by atoms with Crippen LogP contribution in [0.5, 0.6) is 5.75 Å². The zero-order valence-electron chi connectivity index (χ0n) is 15.5. The van der Waals surface area contributed by atoms with Gasteiger partial charge in [-0.05, 0) is 30.3 Å². The molecule has 3 aromatic rings. The molecule has 0 fully saturated rings. The number of carbonyl (C=O) groups excluding carboxylic acids is 1. The van der Waals surface area contributed by atoms with Gasteiger partial charge in [0.1, 0.15) is 11.4 Å². The molecular formula is C19H22N4O2S. The molecule has 7 heteroatoms. The highest BCUT2D eigenvalue weighted by Gasteiger charge is 2.20. The van der Waals surface area contributed by atoms with Gasteiger partial charge in [0, 0.05) is 23.4 Å². The number of nitrogens with zero attached hydrogens (tertiary/aromatic N) is 3. The molecule has 0 saturated heterocycles. The zero-order chi connectivity index (χ0) is 18.9. The van der Waals surface area contributed by atoms with Gasteiger partial charge in [-0.2, -0.15) is 5.10 Å². The second-order valence-corrected chi connectivity index (χ2v) is 7.87. The fourth-order valence-electron chi connectivity index (χ4n) is 2.42. The molecule has 136 valence electrons. The van der Waals surface area contributed by atoms with Gasteiger partial charge in [0.2, 0.25) is 0 Å². The number of aromatic nitrogens is 3. The molecule has 0 unspecified atom stereocenters. The quantitative estimate of drug-likeness (QED) is 0.751. The Hall–Kier alpha value is -2.67. The number of rotatable bonds is 4. The third-order valence-electron chi connectivity index (χ3n) is 3.99.